The van der Waals surface area contributed by atoms with Gasteiger partial charge in [0.1, 0.15) is 0 Å². The summed E-state index contributed by atoms with van der Waals surface area (Å²) in [6, 6.07) is 0. The first-order valence-electron chi connectivity index (χ1n) is 4.83. The average molecular weight is 175 g/mol. The first-order chi connectivity index (χ1) is 5.54. The van der Waals surface area contributed by atoms with E-state index < -0.39 is 0 Å². The van der Waals surface area contributed by atoms with Gasteiger partial charge in [-0.25, -0.2) is 0 Å². The van der Waals surface area contributed by atoms with E-state index in [9.17, 15) is 0 Å². The molecule has 0 bridgehead atoms. The van der Waals surface area contributed by atoms with E-state index in [2.05, 4.69) is 6.92 Å². The lowest BCUT2D eigenvalue weighted by Gasteiger charge is -2.03. The van der Waals surface area contributed by atoms with E-state index in [-0.39, 0.29) is 6.10 Å². The number of aliphatic hydroxyl groups excluding tert-OH is 1. The van der Waals surface area contributed by atoms with Crippen LogP contribution in [0.5, 0.6) is 0 Å². The number of rotatable bonds is 4. The van der Waals surface area contributed by atoms with Crippen molar-refractivity contribution in [3.8, 4) is 0 Å². The molecule has 0 aliphatic rings. The Hall–Kier alpha value is -0.0800. The van der Waals surface area contributed by atoms with Gasteiger partial charge in [0, 0.05) is 0 Å². The number of aliphatic hydroxyl groups is 1. The Balaban J connectivity index is 0. The minimum absolute atomic E-state index is 0.0463. The van der Waals surface area contributed by atoms with Crippen molar-refractivity contribution in [1.29, 1.82) is 0 Å². The standard InChI is InChI=1S/C7H16O.C3H9N/c1-3-5-6-7(8)4-2;1-4(2)3/h7-8H,3-6H2,1-2H3;1-3H3. The van der Waals surface area contributed by atoms with Gasteiger partial charge in [0.15, 0.2) is 0 Å². The van der Waals surface area contributed by atoms with Crippen LogP contribution in [-0.2, 0) is 0 Å². The fraction of sp³-hybridized carbons (Fsp3) is 1.00. The third-order valence-corrected chi connectivity index (χ3v) is 1.36. The minimum Gasteiger partial charge on any atom is -0.393 e. The molecule has 0 aliphatic carbocycles. The molecule has 0 radical (unpaired) electrons. The van der Waals surface area contributed by atoms with E-state index >= 15 is 0 Å². The molecule has 2 heteroatoms. The van der Waals surface area contributed by atoms with Crippen LogP contribution in [0.15, 0.2) is 0 Å². The molecule has 1 atom stereocenters. The molecule has 1 unspecified atom stereocenters. The monoisotopic (exact) mass is 175 g/mol. The summed E-state index contributed by atoms with van der Waals surface area (Å²) in [5, 5.41) is 8.99. The molecule has 76 valence electrons. The van der Waals surface area contributed by atoms with Crippen LogP contribution in [0.4, 0.5) is 0 Å². The maximum absolute atomic E-state index is 8.99. The third kappa shape index (κ3) is 22.5. The van der Waals surface area contributed by atoms with Crippen LogP contribution < -0.4 is 0 Å². The molecule has 1 N–H and O–H groups in total. The summed E-state index contributed by atoms with van der Waals surface area (Å²) in [6.07, 6.45) is 4.19. The van der Waals surface area contributed by atoms with Gasteiger partial charge >= 0.3 is 0 Å². The van der Waals surface area contributed by atoms with E-state index in [1.165, 1.54) is 6.42 Å². The van der Waals surface area contributed by atoms with Crippen LogP contribution in [0, 0.1) is 0 Å². The molecule has 0 spiro atoms. The zero-order chi connectivity index (χ0) is 9.98. The predicted molar refractivity (Wildman–Crippen MR) is 55.4 cm³/mol. The largest absolute Gasteiger partial charge is 0.393 e. The third-order valence-electron chi connectivity index (χ3n) is 1.36. The molecule has 0 aliphatic heterocycles. The fourth-order valence-corrected chi connectivity index (χ4v) is 0.644. The molecule has 0 saturated carbocycles. The second-order valence-corrected chi connectivity index (χ2v) is 3.55. The van der Waals surface area contributed by atoms with Crippen molar-refractivity contribution >= 4 is 0 Å². The first-order valence-corrected chi connectivity index (χ1v) is 4.83. The summed E-state index contributed by atoms with van der Waals surface area (Å²) in [6.45, 7) is 4.16. The molecule has 0 aromatic rings. The highest BCUT2D eigenvalue weighted by atomic mass is 16.3. The average Bonchev–Trinajstić information content (AvgIpc) is 1.99. The smallest absolute Gasteiger partial charge is 0.0537 e. The van der Waals surface area contributed by atoms with Crippen molar-refractivity contribution in [2.45, 2.75) is 45.6 Å². The zero-order valence-electron chi connectivity index (χ0n) is 9.30. The van der Waals surface area contributed by atoms with Gasteiger partial charge in [-0.15, -0.1) is 0 Å². The van der Waals surface area contributed by atoms with Crippen molar-refractivity contribution in [3.05, 3.63) is 0 Å². The molecule has 0 fully saturated rings. The van der Waals surface area contributed by atoms with Crippen molar-refractivity contribution < 1.29 is 5.11 Å². The molecule has 0 aromatic heterocycles. The Kier molecular flexibility index (Phi) is 13.1. The van der Waals surface area contributed by atoms with E-state index in [4.69, 9.17) is 5.11 Å². The summed E-state index contributed by atoms with van der Waals surface area (Å²) in [7, 11) is 6.00. The zero-order valence-corrected chi connectivity index (χ0v) is 9.30. The highest BCUT2D eigenvalue weighted by Gasteiger charge is 1.96. The van der Waals surface area contributed by atoms with Crippen LogP contribution in [0.25, 0.3) is 0 Å². The normalized spacial score (nSPS) is 12.2. The van der Waals surface area contributed by atoms with Gasteiger partial charge < -0.3 is 10.0 Å². The van der Waals surface area contributed by atoms with Crippen molar-refractivity contribution in [3.63, 3.8) is 0 Å². The lowest BCUT2D eigenvalue weighted by molar-refractivity contribution is 0.157. The Bertz CT molecular complexity index is 71.5. The van der Waals surface area contributed by atoms with E-state index in [0.717, 1.165) is 19.3 Å². The van der Waals surface area contributed by atoms with Crippen LogP contribution >= 0.6 is 0 Å². The molecular weight excluding hydrogens is 150 g/mol. The molecule has 0 saturated heterocycles. The van der Waals surface area contributed by atoms with Crippen LogP contribution in [0.2, 0.25) is 0 Å². The van der Waals surface area contributed by atoms with Crippen LogP contribution in [-0.4, -0.2) is 37.3 Å². The Labute approximate surface area is 77.6 Å². The van der Waals surface area contributed by atoms with Gasteiger partial charge in [-0.3, -0.25) is 0 Å². The summed E-state index contributed by atoms with van der Waals surface area (Å²) >= 11 is 0. The van der Waals surface area contributed by atoms with Crippen LogP contribution in [0.1, 0.15) is 39.5 Å². The van der Waals surface area contributed by atoms with Crippen molar-refractivity contribution in [2.24, 2.45) is 0 Å². The summed E-state index contributed by atoms with van der Waals surface area (Å²) in [5.74, 6) is 0. The van der Waals surface area contributed by atoms with Crippen molar-refractivity contribution in [2.75, 3.05) is 21.1 Å². The molecule has 0 amide bonds. The van der Waals surface area contributed by atoms with Crippen LogP contribution in [0.3, 0.4) is 0 Å². The molecule has 0 aromatic carbocycles. The topological polar surface area (TPSA) is 23.5 Å². The number of nitrogens with zero attached hydrogens (tertiary/aromatic N) is 1. The van der Waals surface area contributed by atoms with E-state index in [1.807, 2.05) is 33.0 Å². The van der Waals surface area contributed by atoms with Gasteiger partial charge in [0.05, 0.1) is 6.10 Å². The number of unbranched alkanes of at least 4 members (excludes halogenated alkanes) is 1. The van der Waals surface area contributed by atoms with Gasteiger partial charge in [-0.2, -0.15) is 0 Å². The summed E-state index contributed by atoms with van der Waals surface area (Å²) in [5.41, 5.74) is 0. The Morgan fingerprint density at radius 2 is 1.58 bits per heavy atom. The van der Waals surface area contributed by atoms with Gasteiger partial charge in [0.2, 0.25) is 0 Å². The van der Waals surface area contributed by atoms with Gasteiger partial charge in [-0.05, 0) is 34.0 Å². The quantitative estimate of drug-likeness (QED) is 0.707. The molecular formula is C10H25NO. The number of hydrogen-bond donors (Lipinski definition) is 1. The summed E-state index contributed by atoms with van der Waals surface area (Å²) < 4.78 is 0. The Morgan fingerprint density at radius 1 is 1.17 bits per heavy atom. The predicted octanol–water partition coefficient (Wildman–Crippen LogP) is 2.13. The maximum Gasteiger partial charge on any atom is 0.0537 e. The SMILES string of the molecule is CCCCC(O)CC.CN(C)C. The first kappa shape index (κ1) is 14.4. The lowest BCUT2D eigenvalue weighted by atomic mass is 10.1. The van der Waals surface area contributed by atoms with Gasteiger partial charge in [-0.1, -0.05) is 26.7 Å². The highest BCUT2D eigenvalue weighted by Crippen LogP contribution is 2.02. The Morgan fingerprint density at radius 3 is 1.83 bits per heavy atom. The molecule has 0 heterocycles. The molecule has 2 nitrogen and oxygen atoms in total. The van der Waals surface area contributed by atoms with E-state index in [0.29, 0.717) is 0 Å². The lowest BCUT2D eigenvalue weighted by Crippen LogP contribution is -2.02. The molecule has 0 rings (SSSR count). The second kappa shape index (κ2) is 10.9. The van der Waals surface area contributed by atoms with E-state index in [1.54, 1.807) is 0 Å². The molecule has 12 heavy (non-hydrogen) atoms. The van der Waals surface area contributed by atoms with Crippen molar-refractivity contribution in [1.82, 2.24) is 4.90 Å². The number of hydrogen-bond acceptors (Lipinski definition) is 2. The van der Waals surface area contributed by atoms with Gasteiger partial charge in [0.25, 0.3) is 0 Å². The minimum atomic E-state index is -0.0463. The highest BCUT2D eigenvalue weighted by molar-refractivity contribution is 4.49. The summed E-state index contributed by atoms with van der Waals surface area (Å²) in [4.78, 5) is 2.00. The second-order valence-electron chi connectivity index (χ2n) is 3.55. The maximum atomic E-state index is 8.99. The fourth-order valence-electron chi connectivity index (χ4n) is 0.644.